The zero-order valence-electron chi connectivity index (χ0n) is 10.1. The Kier molecular flexibility index (Phi) is 3.75. The molecule has 2 heterocycles. The van der Waals surface area contributed by atoms with Crippen LogP contribution in [0, 0.1) is 0 Å². The summed E-state index contributed by atoms with van der Waals surface area (Å²) in [5.41, 5.74) is 2.56. The van der Waals surface area contributed by atoms with Crippen LogP contribution in [0.5, 0.6) is 0 Å². The van der Waals surface area contributed by atoms with Crippen LogP contribution in [0.25, 0.3) is 0 Å². The highest BCUT2D eigenvalue weighted by atomic mass is 16.3. The molecule has 1 aliphatic rings. The molecule has 1 unspecified atom stereocenters. The number of aliphatic hydroxyl groups is 1. The summed E-state index contributed by atoms with van der Waals surface area (Å²) in [7, 11) is 0. The van der Waals surface area contributed by atoms with Gasteiger partial charge in [-0.05, 0) is 12.8 Å². The van der Waals surface area contributed by atoms with E-state index in [0.717, 1.165) is 37.4 Å². The molecule has 4 N–H and O–H groups in total. The third kappa shape index (κ3) is 2.48. The zero-order chi connectivity index (χ0) is 12.3. The summed E-state index contributed by atoms with van der Waals surface area (Å²) in [4.78, 5) is 10.9. The lowest BCUT2D eigenvalue weighted by Gasteiger charge is -2.24. The maximum absolute atomic E-state index is 9.33. The van der Waals surface area contributed by atoms with Gasteiger partial charge in [-0.25, -0.2) is 15.8 Å². The van der Waals surface area contributed by atoms with Gasteiger partial charge in [0.2, 0.25) is 0 Å². The van der Waals surface area contributed by atoms with Gasteiger partial charge in [-0.1, -0.05) is 6.92 Å². The molecule has 0 aliphatic carbocycles. The van der Waals surface area contributed by atoms with Crippen molar-refractivity contribution >= 4 is 11.6 Å². The van der Waals surface area contributed by atoms with E-state index >= 15 is 0 Å². The van der Waals surface area contributed by atoms with Crippen LogP contribution in [0.15, 0.2) is 6.07 Å². The number of aryl methyl sites for hydroxylation is 1. The minimum absolute atomic E-state index is 0.164. The molecule has 1 fully saturated rings. The van der Waals surface area contributed by atoms with Crippen molar-refractivity contribution in [2.45, 2.75) is 32.2 Å². The van der Waals surface area contributed by atoms with E-state index in [1.807, 2.05) is 13.0 Å². The molecule has 0 bridgehead atoms. The highest BCUT2D eigenvalue weighted by molar-refractivity contribution is 5.50. The second-order valence-corrected chi connectivity index (χ2v) is 4.20. The number of nitrogens with two attached hydrogens (primary N) is 1. The van der Waals surface area contributed by atoms with E-state index in [9.17, 15) is 5.11 Å². The minimum atomic E-state index is 0.164. The van der Waals surface area contributed by atoms with Gasteiger partial charge < -0.3 is 15.4 Å². The number of nitrogens with one attached hydrogen (secondary N) is 1. The van der Waals surface area contributed by atoms with Crippen LogP contribution in [0.4, 0.5) is 11.6 Å². The van der Waals surface area contributed by atoms with E-state index in [0.29, 0.717) is 5.82 Å². The Hall–Kier alpha value is -1.40. The highest BCUT2D eigenvalue weighted by Crippen LogP contribution is 2.25. The van der Waals surface area contributed by atoms with Crippen LogP contribution in [0.1, 0.15) is 25.6 Å². The number of nitrogens with zero attached hydrogens (tertiary/aromatic N) is 3. The first-order valence-corrected chi connectivity index (χ1v) is 6.00. The SMILES string of the molecule is CCc1nc(NN)cc(N2CCCC2CO)n1. The molecule has 0 amide bonds. The maximum atomic E-state index is 9.33. The Balaban J connectivity index is 2.30. The van der Waals surface area contributed by atoms with E-state index in [-0.39, 0.29) is 12.6 Å². The smallest absolute Gasteiger partial charge is 0.145 e. The molecular formula is C11H19N5O. The van der Waals surface area contributed by atoms with Crippen molar-refractivity contribution < 1.29 is 5.11 Å². The fourth-order valence-corrected chi connectivity index (χ4v) is 2.19. The summed E-state index contributed by atoms with van der Waals surface area (Å²) in [5, 5.41) is 9.33. The van der Waals surface area contributed by atoms with Crippen molar-refractivity contribution in [3.05, 3.63) is 11.9 Å². The molecule has 6 heteroatoms. The molecule has 2 rings (SSSR count). The number of hydrazine groups is 1. The van der Waals surface area contributed by atoms with E-state index in [4.69, 9.17) is 5.84 Å². The number of hydrogen-bond acceptors (Lipinski definition) is 6. The van der Waals surface area contributed by atoms with Crippen molar-refractivity contribution in [3.63, 3.8) is 0 Å². The molecule has 94 valence electrons. The fourth-order valence-electron chi connectivity index (χ4n) is 2.19. The van der Waals surface area contributed by atoms with Gasteiger partial charge in [0.15, 0.2) is 0 Å². The van der Waals surface area contributed by atoms with E-state index in [1.54, 1.807) is 0 Å². The Morgan fingerprint density at radius 3 is 3.06 bits per heavy atom. The number of rotatable bonds is 4. The van der Waals surface area contributed by atoms with Crippen LogP contribution in [0.2, 0.25) is 0 Å². The van der Waals surface area contributed by atoms with Gasteiger partial charge in [-0.2, -0.15) is 0 Å². The van der Waals surface area contributed by atoms with Crippen molar-refractivity contribution in [1.82, 2.24) is 9.97 Å². The first-order valence-electron chi connectivity index (χ1n) is 6.00. The number of nitrogen functional groups attached to an aromatic ring is 1. The zero-order valence-corrected chi connectivity index (χ0v) is 10.1. The molecule has 1 aromatic rings. The molecule has 0 saturated carbocycles. The average Bonchev–Trinajstić information content (AvgIpc) is 2.86. The maximum Gasteiger partial charge on any atom is 0.145 e. The van der Waals surface area contributed by atoms with Gasteiger partial charge in [0, 0.05) is 19.0 Å². The van der Waals surface area contributed by atoms with Crippen LogP contribution in [-0.2, 0) is 6.42 Å². The number of hydrogen-bond donors (Lipinski definition) is 3. The van der Waals surface area contributed by atoms with Gasteiger partial charge in [-0.3, -0.25) is 0 Å². The number of anilines is 2. The standard InChI is InChI=1S/C11H19N5O/c1-2-9-13-10(15-12)6-11(14-9)16-5-3-4-8(16)7-17/h6,8,17H,2-5,7,12H2,1H3,(H,13,14,15). The van der Waals surface area contributed by atoms with Gasteiger partial charge in [0.1, 0.15) is 17.5 Å². The average molecular weight is 237 g/mol. The van der Waals surface area contributed by atoms with Gasteiger partial charge in [0.05, 0.1) is 12.6 Å². The molecule has 0 spiro atoms. The van der Waals surface area contributed by atoms with Crippen LogP contribution in [-0.4, -0.2) is 34.3 Å². The molecule has 1 aliphatic heterocycles. The summed E-state index contributed by atoms with van der Waals surface area (Å²) in [6.45, 7) is 3.10. The van der Waals surface area contributed by atoms with Crippen LogP contribution in [0.3, 0.4) is 0 Å². The second kappa shape index (κ2) is 5.29. The third-order valence-corrected chi connectivity index (χ3v) is 3.11. The predicted molar refractivity (Wildman–Crippen MR) is 66.7 cm³/mol. The summed E-state index contributed by atoms with van der Waals surface area (Å²) < 4.78 is 0. The molecule has 6 nitrogen and oxygen atoms in total. The van der Waals surface area contributed by atoms with E-state index < -0.39 is 0 Å². The summed E-state index contributed by atoms with van der Waals surface area (Å²) in [5.74, 6) is 7.63. The summed E-state index contributed by atoms with van der Waals surface area (Å²) in [6.07, 6.45) is 2.86. The fraction of sp³-hybridized carbons (Fsp3) is 0.636. The number of aromatic nitrogens is 2. The molecule has 1 aromatic heterocycles. The van der Waals surface area contributed by atoms with Gasteiger partial charge >= 0.3 is 0 Å². The predicted octanol–water partition coefficient (Wildman–Crippen LogP) is 0.286. The normalized spacial score (nSPS) is 19.7. The molecule has 1 saturated heterocycles. The summed E-state index contributed by atoms with van der Waals surface area (Å²) >= 11 is 0. The topological polar surface area (TPSA) is 87.3 Å². The van der Waals surface area contributed by atoms with E-state index in [2.05, 4.69) is 20.3 Å². The molecule has 0 radical (unpaired) electrons. The monoisotopic (exact) mass is 237 g/mol. The van der Waals surface area contributed by atoms with Crippen molar-refractivity contribution in [2.24, 2.45) is 5.84 Å². The van der Waals surface area contributed by atoms with Crippen molar-refractivity contribution in [2.75, 3.05) is 23.5 Å². The molecule has 17 heavy (non-hydrogen) atoms. The lowest BCUT2D eigenvalue weighted by molar-refractivity contribution is 0.266. The lowest BCUT2D eigenvalue weighted by Crippen LogP contribution is -2.33. The first kappa shape index (κ1) is 12.1. The molecular weight excluding hydrogens is 218 g/mol. The Morgan fingerprint density at radius 2 is 2.41 bits per heavy atom. The quantitative estimate of drug-likeness (QED) is 0.515. The van der Waals surface area contributed by atoms with Crippen molar-refractivity contribution in [1.29, 1.82) is 0 Å². The molecule has 0 aromatic carbocycles. The van der Waals surface area contributed by atoms with Crippen molar-refractivity contribution in [3.8, 4) is 0 Å². The van der Waals surface area contributed by atoms with Gasteiger partial charge in [-0.15, -0.1) is 0 Å². The Bertz CT molecular complexity index is 362. The lowest BCUT2D eigenvalue weighted by atomic mass is 10.2. The number of aliphatic hydroxyl groups excluding tert-OH is 1. The Labute approximate surface area is 101 Å². The largest absolute Gasteiger partial charge is 0.394 e. The Morgan fingerprint density at radius 1 is 1.59 bits per heavy atom. The summed E-state index contributed by atoms with van der Waals surface area (Å²) in [6, 6.07) is 1.99. The third-order valence-electron chi connectivity index (χ3n) is 3.11. The van der Waals surface area contributed by atoms with Crippen LogP contribution >= 0.6 is 0 Å². The second-order valence-electron chi connectivity index (χ2n) is 4.20. The van der Waals surface area contributed by atoms with Crippen LogP contribution < -0.4 is 16.2 Å². The van der Waals surface area contributed by atoms with Gasteiger partial charge in [0.25, 0.3) is 0 Å². The minimum Gasteiger partial charge on any atom is -0.394 e. The highest BCUT2D eigenvalue weighted by Gasteiger charge is 2.25. The van der Waals surface area contributed by atoms with E-state index in [1.165, 1.54) is 0 Å². The molecule has 1 atom stereocenters. The first-order chi connectivity index (χ1) is 8.28.